The number of aliphatic hydroxyl groups excluding tert-OH is 1. The van der Waals surface area contributed by atoms with Crippen LogP contribution in [0.5, 0.6) is 0 Å². The zero-order valence-corrected chi connectivity index (χ0v) is 8.58. The van der Waals surface area contributed by atoms with Crippen LogP contribution < -0.4 is 5.32 Å². The number of methoxy groups -OCH3 is 1. The van der Waals surface area contributed by atoms with Crippen LogP contribution in [0.25, 0.3) is 0 Å². The molecule has 0 aromatic carbocycles. The van der Waals surface area contributed by atoms with Crippen LogP contribution >= 0.6 is 0 Å². The molecule has 0 radical (unpaired) electrons. The van der Waals surface area contributed by atoms with Gasteiger partial charge in [-0.1, -0.05) is 0 Å². The summed E-state index contributed by atoms with van der Waals surface area (Å²) >= 11 is 0. The predicted molar refractivity (Wildman–Crippen MR) is 51.9 cm³/mol. The van der Waals surface area contributed by atoms with Crippen molar-refractivity contribution in [1.29, 1.82) is 0 Å². The topological polar surface area (TPSA) is 50.7 Å². The van der Waals surface area contributed by atoms with E-state index >= 15 is 0 Å². The lowest BCUT2D eigenvalue weighted by atomic mass is 10.3. The Morgan fingerprint density at radius 1 is 1.38 bits per heavy atom. The maximum atomic E-state index is 9.26. The van der Waals surface area contributed by atoms with Gasteiger partial charge in [0.25, 0.3) is 0 Å². The van der Waals surface area contributed by atoms with Gasteiger partial charge >= 0.3 is 0 Å². The molecule has 0 bridgehead atoms. The van der Waals surface area contributed by atoms with Gasteiger partial charge in [0, 0.05) is 20.3 Å². The Hall–Kier alpha value is -0.160. The molecule has 0 rings (SSSR count). The Morgan fingerprint density at radius 2 is 2.15 bits per heavy atom. The first-order valence-corrected chi connectivity index (χ1v) is 4.76. The third kappa shape index (κ3) is 9.76. The van der Waals surface area contributed by atoms with Crippen LogP contribution in [-0.2, 0) is 9.47 Å². The first-order valence-electron chi connectivity index (χ1n) is 4.76. The normalized spacial score (nSPS) is 13.2. The van der Waals surface area contributed by atoms with Gasteiger partial charge in [-0.15, -0.1) is 0 Å². The SMILES string of the molecule is CCOCCNCCC(O)COC. The molecule has 13 heavy (non-hydrogen) atoms. The highest BCUT2D eigenvalue weighted by atomic mass is 16.5. The molecule has 0 aliphatic heterocycles. The number of aliphatic hydroxyl groups is 1. The summed E-state index contributed by atoms with van der Waals surface area (Å²) in [5.74, 6) is 0. The Kier molecular flexibility index (Phi) is 9.80. The minimum Gasteiger partial charge on any atom is -0.391 e. The summed E-state index contributed by atoms with van der Waals surface area (Å²) in [5, 5.41) is 12.4. The zero-order chi connectivity index (χ0) is 9.94. The number of hydrogen-bond donors (Lipinski definition) is 2. The van der Waals surface area contributed by atoms with Crippen molar-refractivity contribution >= 4 is 0 Å². The van der Waals surface area contributed by atoms with Crippen molar-refractivity contribution in [2.24, 2.45) is 0 Å². The molecule has 0 fully saturated rings. The second kappa shape index (κ2) is 9.92. The fraction of sp³-hybridized carbons (Fsp3) is 1.00. The summed E-state index contributed by atoms with van der Waals surface area (Å²) in [7, 11) is 1.59. The minimum atomic E-state index is -0.357. The van der Waals surface area contributed by atoms with Gasteiger partial charge < -0.3 is 19.9 Å². The molecule has 0 aliphatic carbocycles. The molecule has 0 spiro atoms. The first-order chi connectivity index (χ1) is 6.31. The summed E-state index contributed by atoms with van der Waals surface area (Å²) in [6.45, 7) is 5.52. The molecule has 80 valence electrons. The van der Waals surface area contributed by atoms with Crippen LogP contribution in [0.2, 0.25) is 0 Å². The van der Waals surface area contributed by atoms with Gasteiger partial charge in [0.15, 0.2) is 0 Å². The van der Waals surface area contributed by atoms with Crippen LogP contribution in [0.1, 0.15) is 13.3 Å². The lowest BCUT2D eigenvalue weighted by Gasteiger charge is -2.09. The fourth-order valence-corrected chi connectivity index (χ4v) is 0.958. The van der Waals surface area contributed by atoms with Gasteiger partial charge in [-0.25, -0.2) is 0 Å². The molecule has 4 nitrogen and oxygen atoms in total. The van der Waals surface area contributed by atoms with E-state index in [1.165, 1.54) is 0 Å². The molecule has 0 aromatic rings. The first kappa shape index (κ1) is 12.8. The molecule has 4 heteroatoms. The molecule has 2 N–H and O–H groups in total. The Morgan fingerprint density at radius 3 is 2.77 bits per heavy atom. The lowest BCUT2D eigenvalue weighted by molar-refractivity contribution is 0.0589. The average Bonchev–Trinajstić information content (AvgIpc) is 2.11. The highest BCUT2D eigenvalue weighted by Crippen LogP contribution is 1.89. The second-order valence-corrected chi connectivity index (χ2v) is 2.84. The van der Waals surface area contributed by atoms with Crippen molar-refractivity contribution in [1.82, 2.24) is 5.32 Å². The maximum absolute atomic E-state index is 9.26. The molecular formula is C9H21NO3. The number of hydrogen-bond acceptors (Lipinski definition) is 4. The van der Waals surface area contributed by atoms with Crippen LogP contribution in [0.15, 0.2) is 0 Å². The Bertz CT molecular complexity index is 101. The standard InChI is InChI=1S/C9H21NO3/c1-3-13-7-6-10-5-4-9(11)8-12-2/h9-11H,3-8H2,1-2H3. The van der Waals surface area contributed by atoms with E-state index in [9.17, 15) is 5.11 Å². The molecular weight excluding hydrogens is 170 g/mol. The third-order valence-corrected chi connectivity index (χ3v) is 1.64. The molecule has 1 atom stereocenters. The molecule has 1 unspecified atom stereocenters. The summed E-state index contributed by atoms with van der Waals surface area (Å²) < 4.78 is 9.94. The fourth-order valence-electron chi connectivity index (χ4n) is 0.958. The van der Waals surface area contributed by atoms with E-state index in [2.05, 4.69) is 5.32 Å². The van der Waals surface area contributed by atoms with Crippen molar-refractivity contribution < 1.29 is 14.6 Å². The van der Waals surface area contributed by atoms with Gasteiger partial charge in [-0.05, 0) is 19.9 Å². The van der Waals surface area contributed by atoms with E-state index in [-0.39, 0.29) is 6.10 Å². The summed E-state index contributed by atoms with van der Waals surface area (Å²) in [5.41, 5.74) is 0. The number of ether oxygens (including phenoxy) is 2. The Balaban J connectivity index is 2.97. The third-order valence-electron chi connectivity index (χ3n) is 1.64. The number of rotatable bonds is 9. The van der Waals surface area contributed by atoms with Gasteiger partial charge in [0.2, 0.25) is 0 Å². The van der Waals surface area contributed by atoms with Crippen LogP contribution in [0, 0.1) is 0 Å². The Labute approximate surface area is 80.2 Å². The molecule has 0 aliphatic rings. The van der Waals surface area contributed by atoms with E-state index in [4.69, 9.17) is 9.47 Å². The zero-order valence-electron chi connectivity index (χ0n) is 8.58. The largest absolute Gasteiger partial charge is 0.391 e. The molecule has 0 saturated heterocycles. The molecule has 0 amide bonds. The quantitative estimate of drug-likeness (QED) is 0.504. The van der Waals surface area contributed by atoms with Crippen LogP contribution in [0.4, 0.5) is 0 Å². The number of nitrogens with one attached hydrogen (secondary N) is 1. The highest BCUT2D eigenvalue weighted by Gasteiger charge is 2.01. The molecule has 0 aromatic heterocycles. The van der Waals surface area contributed by atoms with Crippen molar-refractivity contribution in [3.8, 4) is 0 Å². The van der Waals surface area contributed by atoms with E-state index in [1.807, 2.05) is 6.92 Å². The second-order valence-electron chi connectivity index (χ2n) is 2.84. The van der Waals surface area contributed by atoms with E-state index in [0.717, 1.165) is 32.7 Å². The smallest absolute Gasteiger partial charge is 0.0785 e. The van der Waals surface area contributed by atoms with E-state index in [1.54, 1.807) is 7.11 Å². The van der Waals surface area contributed by atoms with E-state index in [0.29, 0.717) is 6.61 Å². The summed E-state index contributed by atoms with van der Waals surface area (Å²) in [6, 6.07) is 0. The minimum absolute atomic E-state index is 0.357. The van der Waals surface area contributed by atoms with Crippen molar-refractivity contribution in [3.63, 3.8) is 0 Å². The van der Waals surface area contributed by atoms with E-state index < -0.39 is 0 Å². The van der Waals surface area contributed by atoms with Gasteiger partial charge in [0.05, 0.1) is 19.3 Å². The van der Waals surface area contributed by atoms with Gasteiger partial charge in [-0.2, -0.15) is 0 Å². The highest BCUT2D eigenvalue weighted by molar-refractivity contribution is 4.56. The summed E-state index contributed by atoms with van der Waals surface area (Å²) in [6.07, 6.45) is 0.365. The van der Waals surface area contributed by atoms with Crippen molar-refractivity contribution in [3.05, 3.63) is 0 Å². The van der Waals surface area contributed by atoms with Crippen LogP contribution in [-0.4, -0.2) is 51.2 Å². The van der Waals surface area contributed by atoms with Gasteiger partial charge in [-0.3, -0.25) is 0 Å². The predicted octanol–water partition coefficient (Wildman–Crippen LogP) is 0.00990. The van der Waals surface area contributed by atoms with Gasteiger partial charge in [0.1, 0.15) is 0 Å². The van der Waals surface area contributed by atoms with Crippen molar-refractivity contribution in [2.75, 3.05) is 40.0 Å². The van der Waals surface area contributed by atoms with Crippen LogP contribution in [0.3, 0.4) is 0 Å². The average molecular weight is 191 g/mol. The van der Waals surface area contributed by atoms with Crippen molar-refractivity contribution in [2.45, 2.75) is 19.4 Å². The summed E-state index contributed by atoms with van der Waals surface area (Å²) in [4.78, 5) is 0. The monoisotopic (exact) mass is 191 g/mol. The molecule has 0 saturated carbocycles. The molecule has 0 heterocycles. The maximum Gasteiger partial charge on any atom is 0.0785 e. The lowest BCUT2D eigenvalue weighted by Crippen LogP contribution is -2.25.